The minimum absolute atomic E-state index is 0.248. The van der Waals surface area contributed by atoms with Gasteiger partial charge < -0.3 is 15.5 Å². The summed E-state index contributed by atoms with van der Waals surface area (Å²) in [4.78, 5) is 18.0. The summed E-state index contributed by atoms with van der Waals surface area (Å²) >= 11 is 0. The van der Waals surface area contributed by atoms with E-state index in [4.69, 9.17) is 10.7 Å². The second kappa shape index (κ2) is 6.25. The monoisotopic (exact) mass is 338 g/mol. The fourth-order valence-corrected chi connectivity index (χ4v) is 3.04. The molecule has 0 unspecified atom stereocenters. The lowest BCUT2D eigenvalue weighted by atomic mass is 10.1. The number of nitrogen functional groups attached to an aromatic ring is 1. The zero-order valence-corrected chi connectivity index (χ0v) is 14.0. The van der Waals surface area contributed by atoms with E-state index in [9.17, 15) is 4.39 Å². The van der Waals surface area contributed by atoms with E-state index in [0.717, 1.165) is 48.8 Å². The molecule has 6 nitrogen and oxygen atoms in total. The Bertz CT molecular complexity index is 903. The molecule has 4 rings (SSSR count). The Morgan fingerprint density at radius 1 is 0.920 bits per heavy atom. The predicted molar refractivity (Wildman–Crippen MR) is 96.8 cm³/mol. The molecule has 1 aliphatic rings. The van der Waals surface area contributed by atoms with Gasteiger partial charge in [-0.25, -0.2) is 14.4 Å². The van der Waals surface area contributed by atoms with Gasteiger partial charge in [0.1, 0.15) is 11.3 Å². The molecule has 128 valence electrons. The molecule has 3 aromatic rings. The average molecular weight is 338 g/mol. The van der Waals surface area contributed by atoms with Gasteiger partial charge in [0.25, 0.3) is 0 Å². The lowest BCUT2D eigenvalue weighted by Gasteiger charge is -2.33. The molecule has 1 aliphatic heterocycles. The summed E-state index contributed by atoms with van der Waals surface area (Å²) in [5, 5.41) is 0. The van der Waals surface area contributed by atoms with Gasteiger partial charge >= 0.3 is 0 Å². The molecule has 7 heteroatoms. The SMILES string of the molecule is CN1CCN(c2nc(N)nc3ccc(-c4ccc(F)cc4)nc23)CC1. The number of rotatable bonds is 2. The molecule has 1 fully saturated rings. The van der Waals surface area contributed by atoms with Gasteiger partial charge in [-0.1, -0.05) is 0 Å². The fraction of sp³-hybridized carbons (Fsp3) is 0.278. The zero-order valence-electron chi connectivity index (χ0n) is 14.0. The molecule has 2 N–H and O–H groups in total. The normalized spacial score (nSPS) is 15.7. The number of anilines is 2. The van der Waals surface area contributed by atoms with Crippen LogP contribution in [0.5, 0.6) is 0 Å². The Kier molecular flexibility index (Phi) is 3.93. The standard InChI is InChI=1S/C18H19FN6/c1-24-8-10-25(11-9-24)17-16-15(22-18(20)23-17)7-6-14(21-16)12-2-4-13(19)5-3-12/h2-7H,8-11H2,1H3,(H2,20,22,23). The number of nitrogens with zero attached hydrogens (tertiary/aromatic N) is 5. The number of halogens is 1. The Labute approximate surface area is 145 Å². The van der Waals surface area contributed by atoms with Gasteiger partial charge in [0, 0.05) is 31.7 Å². The number of pyridine rings is 1. The number of hydrogen-bond donors (Lipinski definition) is 1. The zero-order chi connectivity index (χ0) is 17.4. The van der Waals surface area contributed by atoms with E-state index < -0.39 is 0 Å². The molecule has 0 radical (unpaired) electrons. The first-order chi connectivity index (χ1) is 12.1. The van der Waals surface area contributed by atoms with E-state index in [0.29, 0.717) is 5.52 Å². The van der Waals surface area contributed by atoms with Crippen LogP contribution in [0.4, 0.5) is 16.2 Å². The van der Waals surface area contributed by atoms with Crippen molar-refractivity contribution in [1.29, 1.82) is 0 Å². The second-order valence-corrected chi connectivity index (χ2v) is 6.27. The molecule has 3 heterocycles. The van der Waals surface area contributed by atoms with Crippen molar-refractivity contribution >= 4 is 22.8 Å². The maximum atomic E-state index is 13.2. The highest BCUT2D eigenvalue weighted by molar-refractivity contribution is 5.88. The summed E-state index contributed by atoms with van der Waals surface area (Å²) in [5.41, 5.74) is 8.95. The van der Waals surface area contributed by atoms with Crippen LogP contribution in [0.15, 0.2) is 36.4 Å². The third-order valence-electron chi connectivity index (χ3n) is 4.48. The van der Waals surface area contributed by atoms with Gasteiger partial charge in [0.05, 0.1) is 11.2 Å². The van der Waals surface area contributed by atoms with E-state index >= 15 is 0 Å². The number of piperazine rings is 1. The highest BCUT2D eigenvalue weighted by atomic mass is 19.1. The lowest BCUT2D eigenvalue weighted by molar-refractivity contribution is 0.312. The van der Waals surface area contributed by atoms with Crippen LogP contribution in [0, 0.1) is 5.82 Å². The van der Waals surface area contributed by atoms with Crippen molar-refractivity contribution in [3.63, 3.8) is 0 Å². The maximum absolute atomic E-state index is 13.2. The maximum Gasteiger partial charge on any atom is 0.222 e. The number of fused-ring (bicyclic) bond motifs is 1. The Morgan fingerprint density at radius 2 is 1.64 bits per heavy atom. The first-order valence-corrected chi connectivity index (χ1v) is 8.24. The first-order valence-electron chi connectivity index (χ1n) is 8.24. The number of aromatic nitrogens is 3. The molecule has 0 amide bonds. The van der Waals surface area contributed by atoms with Crippen molar-refractivity contribution < 1.29 is 4.39 Å². The minimum Gasteiger partial charge on any atom is -0.368 e. The third-order valence-corrected chi connectivity index (χ3v) is 4.48. The Hall–Kier alpha value is -2.80. The van der Waals surface area contributed by atoms with E-state index in [2.05, 4.69) is 26.8 Å². The first kappa shape index (κ1) is 15.7. The molecule has 0 spiro atoms. The summed E-state index contributed by atoms with van der Waals surface area (Å²) in [6, 6.07) is 10.1. The summed E-state index contributed by atoms with van der Waals surface area (Å²) in [6.07, 6.45) is 0. The van der Waals surface area contributed by atoms with E-state index in [-0.39, 0.29) is 11.8 Å². The van der Waals surface area contributed by atoms with Crippen LogP contribution in [-0.4, -0.2) is 53.1 Å². The quantitative estimate of drug-likeness (QED) is 0.772. The van der Waals surface area contributed by atoms with Gasteiger partial charge in [-0.05, 0) is 43.4 Å². The van der Waals surface area contributed by atoms with Crippen LogP contribution in [0.2, 0.25) is 0 Å². The summed E-state index contributed by atoms with van der Waals surface area (Å²) in [7, 11) is 2.11. The van der Waals surface area contributed by atoms with Crippen molar-refractivity contribution in [2.75, 3.05) is 43.9 Å². The van der Waals surface area contributed by atoms with Crippen LogP contribution >= 0.6 is 0 Å². The highest BCUT2D eigenvalue weighted by Gasteiger charge is 2.20. The largest absolute Gasteiger partial charge is 0.368 e. The second-order valence-electron chi connectivity index (χ2n) is 6.27. The number of likely N-dealkylation sites (N-methyl/N-ethyl adjacent to an activating group) is 1. The molecule has 0 saturated carbocycles. The number of hydrogen-bond acceptors (Lipinski definition) is 6. The summed E-state index contributed by atoms with van der Waals surface area (Å²) in [6.45, 7) is 3.65. The minimum atomic E-state index is -0.265. The van der Waals surface area contributed by atoms with Crippen molar-refractivity contribution in [1.82, 2.24) is 19.9 Å². The summed E-state index contributed by atoms with van der Waals surface area (Å²) in [5.74, 6) is 0.746. The molecular formula is C18H19FN6. The molecule has 0 bridgehead atoms. The fourth-order valence-electron chi connectivity index (χ4n) is 3.04. The van der Waals surface area contributed by atoms with Crippen molar-refractivity contribution in [3.8, 4) is 11.3 Å². The molecule has 25 heavy (non-hydrogen) atoms. The third kappa shape index (κ3) is 3.10. The van der Waals surface area contributed by atoms with E-state index in [1.54, 1.807) is 12.1 Å². The Balaban J connectivity index is 1.81. The molecular weight excluding hydrogens is 319 g/mol. The van der Waals surface area contributed by atoms with Gasteiger partial charge in [-0.15, -0.1) is 0 Å². The van der Waals surface area contributed by atoms with Gasteiger partial charge in [-0.3, -0.25) is 0 Å². The molecule has 1 saturated heterocycles. The van der Waals surface area contributed by atoms with Gasteiger partial charge in [0.15, 0.2) is 5.82 Å². The van der Waals surface area contributed by atoms with Crippen LogP contribution in [0.1, 0.15) is 0 Å². The van der Waals surface area contributed by atoms with Crippen LogP contribution in [0.25, 0.3) is 22.3 Å². The van der Waals surface area contributed by atoms with Crippen molar-refractivity contribution in [3.05, 3.63) is 42.2 Å². The van der Waals surface area contributed by atoms with Crippen LogP contribution in [-0.2, 0) is 0 Å². The molecule has 1 aromatic carbocycles. The van der Waals surface area contributed by atoms with Gasteiger partial charge in [-0.2, -0.15) is 4.98 Å². The lowest BCUT2D eigenvalue weighted by Crippen LogP contribution is -2.45. The van der Waals surface area contributed by atoms with Crippen molar-refractivity contribution in [2.45, 2.75) is 0 Å². The van der Waals surface area contributed by atoms with Crippen LogP contribution in [0.3, 0.4) is 0 Å². The average Bonchev–Trinajstić information content (AvgIpc) is 2.62. The van der Waals surface area contributed by atoms with E-state index in [1.807, 2.05) is 12.1 Å². The highest BCUT2D eigenvalue weighted by Crippen LogP contribution is 2.27. The predicted octanol–water partition coefficient (Wildman–Crippen LogP) is 2.16. The Morgan fingerprint density at radius 3 is 2.36 bits per heavy atom. The number of benzene rings is 1. The van der Waals surface area contributed by atoms with E-state index in [1.165, 1.54) is 12.1 Å². The number of nitrogens with two attached hydrogens (primary N) is 1. The van der Waals surface area contributed by atoms with Crippen LogP contribution < -0.4 is 10.6 Å². The van der Waals surface area contributed by atoms with Crippen molar-refractivity contribution in [2.24, 2.45) is 0 Å². The smallest absolute Gasteiger partial charge is 0.222 e. The topological polar surface area (TPSA) is 71.2 Å². The summed E-state index contributed by atoms with van der Waals surface area (Å²) < 4.78 is 13.2. The molecule has 0 atom stereocenters. The van der Waals surface area contributed by atoms with Gasteiger partial charge in [0.2, 0.25) is 5.95 Å². The molecule has 0 aliphatic carbocycles. The molecule has 2 aromatic heterocycles.